The Kier molecular flexibility index (Phi) is 7.67. The summed E-state index contributed by atoms with van der Waals surface area (Å²) in [5.74, 6) is -0.222. The van der Waals surface area contributed by atoms with Gasteiger partial charge in [-0.2, -0.15) is 0 Å². The van der Waals surface area contributed by atoms with Crippen molar-refractivity contribution in [2.24, 2.45) is 0 Å². The van der Waals surface area contributed by atoms with E-state index in [-0.39, 0.29) is 12.4 Å². The van der Waals surface area contributed by atoms with Crippen LogP contribution in [0.1, 0.15) is 40.3 Å². The van der Waals surface area contributed by atoms with Gasteiger partial charge in [-0.1, -0.05) is 0 Å². The lowest BCUT2D eigenvalue weighted by atomic mass is 10.2. The van der Waals surface area contributed by atoms with Crippen LogP contribution in [0, 0.1) is 0 Å². The molecule has 0 saturated heterocycles. The van der Waals surface area contributed by atoms with Crippen molar-refractivity contribution in [1.29, 1.82) is 0 Å². The van der Waals surface area contributed by atoms with E-state index < -0.39 is 0 Å². The average Bonchev–Trinajstić information content (AvgIpc) is 2.81. The van der Waals surface area contributed by atoms with E-state index in [4.69, 9.17) is 4.74 Å². The first-order chi connectivity index (χ1) is 9.93. The van der Waals surface area contributed by atoms with Gasteiger partial charge in [-0.15, -0.1) is 11.3 Å². The van der Waals surface area contributed by atoms with Gasteiger partial charge >= 0.3 is 5.97 Å². The molecule has 5 nitrogen and oxygen atoms in total. The molecule has 0 unspecified atom stereocenters. The third-order valence-electron chi connectivity index (χ3n) is 3.16. The van der Waals surface area contributed by atoms with Crippen molar-refractivity contribution in [3.05, 3.63) is 11.1 Å². The molecule has 0 atom stereocenters. The zero-order chi connectivity index (χ0) is 15.8. The van der Waals surface area contributed by atoms with Crippen LogP contribution in [-0.4, -0.2) is 47.6 Å². The first kappa shape index (κ1) is 17.9. The number of rotatable bonds is 9. The molecule has 0 aliphatic rings. The molecule has 6 heteroatoms. The molecule has 0 fully saturated rings. The molecule has 0 radical (unpaired) electrons. The van der Waals surface area contributed by atoms with E-state index in [2.05, 4.69) is 42.9 Å². The molecule has 120 valence electrons. The maximum absolute atomic E-state index is 11.4. The summed E-state index contributed by atoms with van der Waals surface area (Å²) in [4.78, 5) is 18.2. The summed E-state index contributed by atoms with van der Waals surface area (Å²) in [6, 6.07) is 1.06. The molecule has 1 aromatic heterocycles. The average molecular weight is 313 g/mol. The molecular formula is C15H27N3O2S. The summed E-state index contributed by atoms with van der Waals surface area (Å²) in [7, 11) is 0. The highest BCUT2D eigenvalue weighted by Crippen LogP contribution is 2.16. The highest BCUT2D eigenvalue weighted by Gasteiger charge is 2.13. The zero-order valence-electron chi connectivity index (χ0n) is 13.7. The lowest BCUT2D eigenvalue weighted by Gasteiger charge is -2.30. The standard InChI is InChI=1S/C15H27N3O2S/c1-6-20-14(19)9-13-10-21-15(17-13)16-7-8-18(11(2)3)12(4)5/h10-12H,6-9H2,1-5H3,(H,16,17). The van der Waals surface area contributed by atoms with Crippen molar-refractivity contribution in [2.45, 2.75) is 53.1 Å². The molecule has 1 N–H and O–H groups in total. The minimum Gasteiger partial charge on any atom is -0.466 e. The number of carbonyl (C=O) groups excluding carboxylic acids is 1. The third kappa shape index (κ3) is 6.44. The molecule has 0 saturated carbocycles. The van der Waals surface area contributed by atoms with Crippen molar-refractivity contribution in [3.63, 3.8) is 0 Å². The second kappa shape index (κ2) is 9.00. The van der Waals surface area contributed by atoms with Gasteiger partial charge in [0.2, 0.25) is 0 Å². The van der Waals surface area contributed by atoms with Crippen LogP contribution in [0.4, 0.5) is 5.13 Å². The molecule has 0 aliphatic heterocycles. The van der Waals surface area contributed by atoms with Gasteiger partial charge < -0.3 is 10.1 Å². The number of carbonyl (C=O) groups is 1. The maximum Gasteiger partial charge on any atom is 0.311 e. The van der Waals surface area contributed by atoms with E-state index in [9.17, 15) is 4.79 Å². The van der Waals surface area contributed by atoms with Gasteiger partial charge in [0, 0.05) is 30.6 Å². The Bertz CT molecular complexity index is 424. The number of thiazole rings is 1. The summed E-state index contributed by atoms with van der Waals surface area (Å²) in [6.45, 7) is 12.9. The molecule has 0 bridgehead atoms. The number of hydrogen-bond donors (Lipinski definition) is 1. The minimum atomic E-state index is -0.222. The lowest BCUT2D eigenvalue weighted by Crippen LogP contribution is -2.40. The Morgan fingerprint density at radius 3 is 2.62 bits per heavy atom. The highest BCUT2D eigenvalue weighted by molar-refractivity contribution is 7.13. The van der Waals surface area contributed by atoms with E-state index in [1.54, 1.807) is 6.92 Å². The van der Waals surface area contributed by atoms with Gasteiger partial charge in [0.25, 0.3) is 0 Å². The molecular weight excluding hydrogens is 286 g/mol. The van der Waals surface area contributed by atoms with Crippen LogP contribution in [0.25, 0.3) is 0 Å². The fraction of sp³-hybridized carbons (Fsp3) is 0.733. The summed E-state index contributed by atoms with van der Waals surface area (Å²) in [5, 5.41) is 6.09. The fourth-order valence-electron chi connectivity index (χ4n) is 2.23. The maximum atomic E-state index is 11.4. The molecule has 0 aromatic carbocycles. The quantitative estimate of drug-likeness (QED) is 0.711. The Hall–Kier alpha value is -1.14. The number of nitrogens with one attached hydrogen (secondary N) is 1. The summed E-state index contributed by atoms with van der Waals surface area (Å²) in [6.07, 6.45) is 0.246. The van der Waals surface area contributed by atoms with Crippen LogP contribution >= 0.6 is 11.3 Å². The zero-order valence-corrected chi connectivity index (χ0v) is 14.5. The van der Waals surface area contributed by atoms with Gasteiger partial charge in [-0.25, -0.2) is 4.98 Å². The third-order valence-corrected chi connectivity index (χ3v) is 4.00. The molecule has 0 amide bonds. The first-order valence-electron chi connectivity index (χ1n) is 7.53. The van der Waals surface area contributed by atoms with Crippen LogP contribution in [0.2, 0.25) is 0 Å². The van der Waals surface area contributed by atoms with E-state index >= 15 is 0 Å². The van der Waals surface area contributed by atoms with Gasteiger partial charge in [0.15, 0.2) is 5.13 Å². The highest BCUT2D eigenvalue weighted by atomic mass is 32.1. The number of hydrogen-bond acceptors (Lipinski definition) is 6. The van der Waals surface area contributed by atoms with Crippen molar-refractivity contribution in [3.8, 4) is 0 Å². The molecule has 1 rings (SSSR count). The summed E-state index contributed by atoms with van der Waals surface area (Å²) < 4.78 is 4.92. The Balaban J connectivity index is 2.39. The monoisotopic (exact) mass is 313 g/mol. The predicted octanol–water partition coefficient (Wildman–Crippen LogP) is 2.78. The van der Waals surface area contributed by atoms with Gasteiger partial charge in [0.05, 0.1) is 18.7 Å². The number of ether oxygens (including phenoxy) is 1. The van der Waals surface area contributed by atoms with Crippen LogP contribution in [-0.2, 0) is 16.0 Å². The van der Waals surface area contributed by atoms with Crippen molar-refractivity contribution in [1.82, 2.24) is 9.88 Å². The topological polar surface area (TPSA) is 54.5 Å². The van der Waals surface area contributed by atoms with Crippen molar-refractivity contribution < 1.29 is 9.53 Å². The van der Waals surface area contributed by atoms with Crippen LogP contribution in [0.3, 0.4) is 0 Å². The molecule has 1 heterocycles. The molecule has 0 spiro atoms. The van der Waals surface area contributed by atoms with E-state index in [1.807, 2.05) is 5.38 Å². The van der Waals surface area contributed by atoms with Gasteiger partial charge in [-0.05, 0) is 34.6 Å². The van der Waals surface area contributed by atoms with Gasteiger partial charge in [0.1, 0.15) is 0 Å². The smallest absolute Gasteiger partial charge is 0.311 e. The fourth-order valence-corrected chi connectivity index (χ4v) is 2.97. The minimum absolute atomic E-state index is 0.222. The number of anilines is 1. The predicted molar refractivity (Wildman–Crippen MR) is 87.9 cm³/mol. The number of nitrogens with zero attached hydrogens (tertiary/aromatic N) is 2. The SMILES string of the molecule is CCOC(=O)Cc1csc(NCCN(C(C)C)C(C)C)n1. The Morgan fingerprint density at radius 1 is 1.38 bits per heavy atom. The van der Waals surface area contributed by atoms with Crippen molar-refractivity contribution in [2.75, 3.05) is 25.0 Å². The molecule has 0 aliphatic carbocycles. The summed E-state index contributed by atoms with van der Waals surface area (Å²) in [5.41, 5.74) is 0.769. The van der Waals surface area contributed by atoms with E-state index in [0.717, 1.165) is 23.9 Å². The summed E-state index contributed by atoms with van der Waals surface area (Å²) >= 11 is 1.53. The van der Waals surface area contributed by atoms with Crippen LogP contribution in [0.5, 0.6) is 0 Å². The van der Waals surface area contributed by atoms with E-state index in [1.165, 1.54) is 11.3 Å². The Labute approximate surface area is 131 Å². The second-order valence-electron chi connectivity index (χ2n) is 5.48. The van der Waals surface area contributed by atoms with Crippen molar-refractivity contribution >= 4 is 22.4 Å². The molecule has 21 heavy (non-hydrogen) atoms. The van der Waals surface area contributed by atoms with Gasteiger partial charge in [-0.3, -0.25) is 9.69 Å². The van der Waals surface area contributed by atoms with Crippen LogP contribution < -0.4 is 5.32 Å². The van der Waals surface area contributed by atoms with E-state index in [0.29, 0.717) is 18.7 Å². The first-order valence-corrected chi connectivity index (χ1v) is 8.41. The largest absolute Gasteiger partial charge is 0.466 e. The normalized spacial score (nSPS) is 11.4. The Morgan fingerprint density at radius 2 is 2.05 bits per heavy atom. The lowest BCUT2D eigenvalue weighted by molar-refractivity contribution is -0.142. The second-order valence-corrected chi connectivity index (χ2v) is 6.34. The van der Waals surface area contributed by atoms with Crippen LogP contribution in [0.15, 0.2) is 5.38 Å². The number of esters is 1. The number of aromatic nitrogens is 1. The molecule has 1 aromatic rings.